The Morgan fingerprint density at radius 2 is 0.919 bits per heavy atom. The minimum absolute atomic E-state index is 0.0638. The van der Waals surface area contributed by atoms with Gasteiger partial charge in [-0.05, 0) is 113 Å². The van der Waals surface area contributed by atoms with Gasteiger partial charge in [0.2, 0.25) is 0 Å². The highest BCUT2D eigenvalue weighted by Crippen LogP contribution is 2.40. The molecule has 2 amide bonds. The molecule has 26 heteroatoms. The topological polar surface area (TPSA) is 185 Å². The van der Waals surface area contributed by atoms with Crippen molar-refractivity contribution in [3.05, 3.63) is 154 Å². The van der Waals surface area contributed by atoms with Crippen LogP contribution in [0, 0.1) is 25.5 Å². The first-order valence-electron chi connectivity index (χ1n) is 27.1. The van der Waals surface area contributed by atoms with Crippen LogP contribution < -0.4 is 18.9 Å². The molecule has 0 spiro atoms. The minimum atomic E-state index is -4.77. The number of ether oxygens (including phenoxy) is 4. The largest absolute Gasteiger partial charge is 0.497 e. The van der Waals surface area contributed by atoms with E-state index in [2.05, 4.69) is 20.2 Å². The Hall–Kier alpha value is -8.46. The molecule has 2 aliphatic heterocycles. The van der Waals surface area contributed by atoms with E-state index in [1.807, 2.05) is 9.80 Å². The van der Waals surface area contributed by atoms with Crippen molar-refractivity contribution in [3.8, 4) is 45.5 Å². The van der Waals surface area contributed by atoms with Crippen LogP contribution in [0.2, 0.25) is 0 Å². The van der Waals surface area contributed by atoms with Crippen molar-refractivity contribution in [1.82, 2.24) is 48.8 Å². The Kier molecular flexibility index (Phi) is 18.2. The summed E-state index contributed by atoms with van der Waals surface area (Å²) in [5, 5.41) is 28.3. The number of amides is 2. The lowest BCUT2D eigenvalue weighted by Gasteiger charge is -2.43. The monoisotopic (exact) mass is 1200 g/mol. The highest BCUT2D eigenvalue weighted by atomic mass is 19.4. The second-order valence-corrected chi connectivity index (χ2v) is 20.8. The highest BCUT2D eigenvalue weighted by Gasteiger charge is 2.42. The summed E-state index contributed by atoms with van der Waals surface area (Å²) in [5.41, 5.74) is -0.880. The number of aliphatic hydroxyl groups excluding tert-OH is 2. The van der Waals surface area contributed by atoms with Crippen LogP contribution in [0.3, 0.4) is 0 Å². The Labute approximate surface area is 488 Å². The van der Waals surface area contributed by atoms with Gasteiger partial charge >= 0.3 is 12.4 Å². The molecule has 8 aromatic rings. The molecular formula is C60H62F8N10O8. The average Bonchev–Trinajstić information content (AvgIpc) is 1.72. The van der Waals surface area contributed by atoms with Crippen molar-refractivity contribution in [2.45, 2.75) is 64.2 Å². The fraction of sp³-hybridized carbons (Fsp3) is 0.367. The van der Waals surface area contributed by atoms with E-state index in [4.69, 9.17) is 18.9 Å². The first-order chi connectivity index (χ1) is 41.0. The molecule has 0 unspecified atom stereocenters. The van der Waals surface area contributed by atoms with Gasteiger partial charge in [-0.3, -0.25) is 19.4 Å². The molecule has 0 saturated carbocycles. The Morgan fingerprint density at radius 1 is 0.558 bits per heavy atom. The number of hydrogen-bond donors (Lipinski definition) is 2. The van der Waals surface area contributed by atoms with Gasteiger partial charge in [0.05, 0.1) is 77.5 Å². The van der Waals surface area contributed by atoms with E-state index in [9.17, 15) is 54.9 Å². The van der Waals surface area contributed by atoms with Crippen LogP contribution in [-0.2, 0) is 12.4 Å². The molecule has 2 aliphatic rings. The van der Waals surface area contributed by atoms with Crippen molar-refractivity contribution in [2.24, 2.45) is 0 Å². The number of hydrogen-bond acceptors (Lipinski definition) is 14. The van der Waals surface area contributed by atoms with Crippen LogP contribution in [0.25, 0.3) is 33.8 Å². The molecule has 10 rings (SSSR count). The lowest BCUT2D eigenvalue weighted by atomic mass is 10.0. The number of nitrogens with zero attached hydrogens (tertiary/aromatic N) is 10. The highest BCUT2D eigenvalue weighted by molar-refractivity contribution is 6.01. The summed E-state index contributed by atoms with van der Waals surface area (Å²) in [6.45, 7) is 7.29. The number of aliphatic hydroxyl groups is 2. The zero-order chi connectivity index (χ0) is 62.1. The number of alkyl halides is 6. The molecule has 2 fully saturated rings. The molecule has 0 radical (unpaired) electrons. The molecule has 18 nitrogen and oxygen atoms in total. The molecule has 2 saturated heterocycles. The Bertz CT molecular complexity index is 3520. The lowest BCUT2D eigenvalue weighted by molar-refractivity contribution is -0.144. The van der Waals surface area contributed by atoms with Gasteiger partial charge in [0.25, 0.3) is 11.8 Å². The Balaban J connectivity index is 0.000000205. The van der Waals surface area contributed by atoms with Crippen LogP contribution in [0.15, 0.2) is 97.3 Å². The quantitative estimate of drug-likeness (QED) is 0.0981. The summed E-state index contributed by atoms with van der Waals surface area (Å²) < 4.78 is 137. The maximum atomic E-state index is 14.3. The van der Waals surface area contributed by atoms with E-state index < -0.39 is 71.4 Å². The van der Waals surface area contributed by atoms with E-state index in [-0.39, 0.29) is 71.2 Å². The number of benzene rings is 4. The number of carbonyl (C=O) groups excluding carboxylic acids is 2. The maximum Gasteiger partial charge on any atom is 0.433 e. The van der Waals surface area contributed by atoms with E-state index in [1.165, 1.54) is 78.7 Å². The number of rotatable bonds is 14. The number of methoxy groups -OCH3 is 4. The molecule has 0 bridgehead atoms. The fourth-order valence-electron chi connectivity index (χ4n) is 11.4. The van der Waals surface area contributed by atoms with Gasteiger partial charge in [-0.15, -0.1) is 0 Å². The third kappa shape index (κ3) is 12.2. The molecule has 86 heavy (non-hydrogen) atoms. The van der Waals surface area contributed by atoms with E-state index in [0.29, 0.717) is 80.5 Å². The summed E-state index contributed by atoms with van der Waals surface area (Å²) in [5.74, 6) is -0.0667. The summed E-state index contributed by atoms with van der Waals surface area (Å²) >= 11 is 0. The van der Waals surface area contributed by atoms with Crippen molar-refractivity contribution >= 4 is 23.1 Å². The Morgan fingerprint density at radius 3 is 1.22 bits per heavy atom. The molecule has 456 valence electrons. The molecule has 4 aromatic heterocycles. The summed E-state index contributed by atoms with van der Waals surface area (Å²) in [6.07, 6.45) is -7.31. The van der Waals surface area contributed by atoms with E-state index in [0.717, 1.165) is 12.4 Å². The van der Waals surface area contributed by atoms with Gasteiger partial charge in [0.15, 0.2) is 22.7 Å². The van der Waals surface area contributed by atoms with E-state index in [1.54, 1.807) is 72.2 Å². The summed E-state index contributed by atoms with van der Waals surface area (Å²) in [7, 11) is 5.89. The van der Waals surface area contributed by atoms with Crippen molar-refractivity contribution in [1.29, 1.82) is 0 Å². The van der Waals surface area contributed by atoms with Crippen LogP contribution in [0.1, 0.15) is 80.3 Å². The second kappa shape index (κ2) is 25.2. The molecular weight excluding hydrogens is 1140 g/mol. The summed E-state index contributed by atoms with van der Waals surface area (Å²) in [4.78, 5) is 43.6. The van der Waals surface area contributed by atoms with Gasteiger partial charge in [0.1, 0.15) is 45.8 Å². The lowest BCUT2D eigenvalue weighted by Crippen LogP contribution is -2.55. The normalized spacial score (nSPS) is 16.9. The number of aromatic nitrogens is 6. The minimum Gasteiger partial charge on any atom is -0.497 e. The number of piperazine rings is 2. The van der Waals surface area contributed by atoms with Crippen LogP contribution in [-0.4, -0.2) is 164 Å². The first kappa shape index (κ1) is 62.1. The smallest absolute Gasteiger partial charge is 0.433 e. The molecule has 0 aliphatic carbocycles. The van der Waals surface area contributed by atoms with Crippen molar-refractivity contribution in [3.63, 3.8) is 0 Å². The summed E-state index contributed by atoms with van der Waals surface area (Å²) in [6, 6.07) is 19.1. The average molecular weight is 1200 g/mol. The number of fused-ring (bicyclic) bond motifs is 2. The molecule has 2 N–H and O–H groups in total. The van der Waals surface area contributed by atoms with Crippen LogP contribution in [0.5, 0.6) is 23.0 Å². The fourth-order valence-corrected chi connectivity index (χ4v) is 11.4. The first-order valence-corrected chi connectivity index (χ1v) is 27.1. The van der Waals surface area contributed by atoms with Gasteiger partial charge < -0.3 is 39.0 Å². The van der Waals surface area contributed by atoms with Gasteiger partial charge in [-0.2, -0.15) is 36.5 Å². The molecule has 6 heterocycles. The maximum absolute atomic E-state index is 14.3. The second-order valence-electron chi connectivity index (χ2n) is 20.8. The van der Waals surface area contributed by atoms with Gasteiger partial charge in [0, 0.05) is 84.7 Å². The van der Waals surface area contributed by atoms with E-state index >= 15 is 0 Å². The van der Waals surface area contributed by atoms with Crippen molar-refractivity contribution in [2.75, 3.05) is 80.9 Å². The number of carbonyl (C=O) groups is 2. The zero-order valence-corrected chi connectivity index (χ0v) is 48.0. The van der Waals surface area contributed by atoms with Crippen LogP contribution >= 0.6 is 0 Å². The predicted octanol–water partition coefficient (Wildman–Crippen LogP) is 9.52. The van der Waals surface area contributed by atoms with Crippen molar-refractivity contribution < 1.29 is 73.9 Å². The molecule has 4 aromatic carbocycles. The SMILES string of the molecule is COc1ccc(-c2nc3c(C(=O)N4CCN([C@@H](CO)c5cc(F)ccc5OC)C[C@H]4C)cnn3c(C(F)(F)F)c2C)cc1.COc1ccc(-c2nc3c(C(=O)N4CCN([C@H](CO)c5cc(F)ccc5OC)C[C@H]4C)cnn3c(C(F)(F)F)c2C)cc1. The molecule has 4 atom stereocenters. The zero-order valence-electron chi connectivity index (χ0n) is 48.0. The predicted molar refractivity (Wildman–Crippen MR) is 299 cm³/mol. The third-order valence-electron chi connectivity index (χ3n) is 15.7. The van der Waals surface area contributed by atoms with Crippen LogP contribution in [0.4, 0.5) is 35.1 Å². The van der Waals surface area contributed by atoms with Gasteiger partial charge in [-0.1, -0.05) is 0 Å². The third-order valence-corrected chi connectivity index (χ3v) is 15.7. The van der Waals surface area contributed by atoms with Gasteiger partial charge in [-0.25, -0.2) is 27.8 Å². The number of halogens is 8. The standard InChI is InChI=1S/2C30H31F4N5O4/c2*1-17-15-37(24(16-40)22-13-20(31)7-10-25(22)43-4)11-12-38(17)29(41)23-14-35-39-27(30(32,33)34)18(2)26(36-28(23)39)19-5-8-21(42-3)9-6-19/h2*5-10,13-14,17,24,40H,11-12,15-16H2,1-4H3/t17-,24+;17-,24-/m11/s1.